The van der Waals surface area contributed by atoms with Crippen molar-refractivity contribution in [3.05, 3.63) is 59.9 Å². The van der Waals surface area contributed by atoms with Crippen molar-refractivity contribution >= 4 is 20.0 Å². The number of hydrogen-bond acceptors (Lipinski definition) is 5. The lowest BCUT2D eigenvalue weighted by Crippen LogP contribution is -2.02. The van der Waals surface area contributed by atoms with Gasteiger partial charge in [0.1, 0.15) is 5.75 Å². The number of pyridine rings is 1. The van der Waals surface area contributed by atoms with Gasteiger partial charge in [0.2, 0.25) is 0 Å². The molecule has 0 fully saturated rings. The van der Waals surface area contributed by atoms with E-state index in [4.69, 9.17) is 13.6 Å². The first-order chi connectivity index (χ1) is 11.1. The Kier molecular flexibility index (Phi) is 6.53. The average molecular weight is 333 g/mol. The first-order valence-corrected chi connectivity index (χ1v) is 8.88. The second-order valence-corrected chi connectivity index (χ2v) is 6.15. The highest BCUT2D eigenvalue weighted by molar-refractivity contribution is 7.48. The monoisotopic (exact) mass is 333 g/mol. The molecule has 0 unspecified atom stereocenters. The minimum atomic E-state index is -3.54. The summed E-state index contributed by atoms with van der Waals surface area (Å²) in [7, 11) is -3.54. The SMILES string of the molecule is CCOP(=O)(OCC)Oc1ccc(/C=C/c2ccncc2)cc1. The van der Waals surface area contributed by atoms with Gasteiger partial charge in [0.05, 0.1) is 13.2 Å². The van der Waals surface area contributed by atoms with Crippen LogP contribution in [0.5, 0.6) is 5.75 Å². The van der Waals surface area contributed by atoms with Crippen molar-refractivity contribution in [1.82, 2.24) is 4.98 Å². The molecule has 2 rings (SSSR count). The minimum Gasteiger partial charge on any atom is -0.404 e. The van der Waals surface area contributed by atoms with E-state index in [0.717, 1.165) is 11.1 Å². The van der Waals surface area contributed by atoms with Crippen LogP contribution in [0.1, 0.15) is 25.0 Å². The van der Waals surface area contributed by atoms with Crippen molar-refractivity contribution < 1.29 is 18.1 Å². The van der Waals surface area contributed by atoms with E-state index in [1.54, 1.807) is 38.4 Å². The third-order valence-electron chi connectivity index (χ3n) is 2.85. The molecule has 1 aromatic heterocycles. The number of phosphoric acid groups is 1. The summed E-state index contributed by atoms with van der Waals surface area (Å²) in [6, 6.07) is 11.1. The molecule has 0 atom stereocenters. The maximum atomic E-state index is 12.3. The maximum absolute atomic E-state index is 12.3. The van der Waals surface area contributed by atoms with Crippen LogP contribution in [0.3, 0.4) is 0 Å². The fourth-order valence-corrected chi connectivity index (χ4v) is 3.03. The molecule has 2 aromatic rings. The second-order valence-electron chi connectivity index (χ2n) is 4.56. The zero-order chi connectivity index (χ0) is 16.5. The van der Waals surface area contributed by atoms with Crippen molar-refractivity contribution in [2.24, 2.45) is 0 Å². The lowest BCUT2D eigenvalue weighted by Gasteiger charge is -2.16. The van der Waals surface area contributed by atoms with Gasteiger partial charge < -0.3 is 4.52 Å². The molecular weight excluding hydrogens is 313 g/mol. The number of hydrogen-bond donors (Lipinski definition) is 0. The van der Waals surface area contributed by atoms with Crippen LogP contribution in [0, 0.1) is 0 Å². The molecule has 1 aromatic carbocycles. The lowest BCUT2D eigenvalue weighted by atomic mass is 10.1. The van der Waals surface area contributed by atoms with Crippen LogP contribution >= 0.6 is 7.82 Å². The Morgan fingerprint density at radius 3 is 1.96 bits per heavy atom. The van der Waals surface area contributed by atoms with Crippen LogP contribution in [-0.2, 0) is 13.6 Å². The summed E-state index contributed by atoms with van der Waals surface area (Å²) in [5.41, 5.74) is 2.06. The fraction of sp³-hybridized carbons (Fsp3) is 0.235. The zero-order valence-corrected chi connectivity index (χ0v) is 14.1. The van der Waals surface area contributed by atoms with Gasteiger partial charge in [0.15, 0.2) is 0 Å². The van der Waals surface area contributed by atoms with Gasteiger partial charge >= 0.3 is 7.82 Å². The first kappa shape index (κ1) is 17.4. The predicted octanol–water partition coefficient (Wildman–Crippen LogP) is 4.81. The molecule has 23 heavy (non-hydrogen) atoms. The van der Waals surface area contributed by atoms with Gasteiger partial charge in [-0.05, 0) is 49.2 Å². The quantitative estimate of drug-likeness (QED) is 0.649. The first-order valence-electron chi connectivity index (χ1n) is 7.42. The molecule has 0 amide bonds. The minimum absolute atomic E-state index is 0.254. The van der Waals surface area contributed by atoms with Crippen LogP contribution in [0.15, 0.2) is 48.8 Å². The summed E-state index contributed by atoms with van der Waals surface area (Å²) in [4.78, 5) is 3.98. The zero-order valence-electron chi connectivity index (χ0n) is 13.2. The largest absolute Gasteiger partial charge is 0.530 e. The van der Waals surface area contributed by atoms with Gasteiger partial charge in [-0.25, -0.2) is 4.57 Å². The van der Waals surface area contributed by atoms with E-state index >= 15 is 0 Å². The molecule has 122 valence electrons. The van der Waals surface area contributed by atoms with Crippen molar-refractivity contribution in [2.75, 3.05) is 13.2 Å². The molecule has 0 N–H and O–H groups in total. The van der Waals surface area contributed by atoms with E-state index in [0.29, 0.717) is 5.75 Å². The van der Waals surface area contributed by atoms with Gasteiger partial charge in [0, 0.05) is 12.4 Å². The van der Waals surface area contributed by atoms with E-state index in [9.17, 15) is 4.57 Å². The lowest BCUT2D eigenvalue weighted by molar-refractivity contribution is 0.167. The van der Waals surface area contributed by atoms with Crippen molar-refractivity contribution in [2.45, 2.75) is 13.8 Å². The molecule has 6 heteroatoms. The fourth-order valence-electron chi connectivity index (χ4n) is 1.84. The van der Waals surface area contributed by atoms with Gasteiger partial charge in [-0.3, -0.25) is 14.0 Å². The molecule has 0 saturated carbocycles. The summed E-state index contributed by atoms with van der Waals surface area (Å²) >= 11 is 0. The molecule has 0 spiro atoms. The van der Waals surface area contributed by atoms with E-state index in [1.165, 1.54) is 0 Å². The molecule has 0 aliphatic carbocycles. The number of nitrogens with zero attached hydrogens (tertiary/aromatic N) is 1. The Bertz CT molecular complexity index is 661. The highest BCUT2D eigenvalue weighted by Crippen LogP contribution is 2.49. The molecule has 5 nitrogen and oxygen atoms in total. The maximum Gasteiger partial charge on any atom is 0.530 e. The topological polar surface area (TPSA) is 57.7 Å². The Morgan fingerprint density at radius 1 is 0.913 bits per heavy atom. The van der Waals surface area contributed by atoms with Crippen LogP contribution in [0.4, 0.5) is 0 Å². The van der Waals surface area contributed by atoms with Crippen LogP contribution in [0.25, 0.3) is 12.2 Å². The Labute approximate surface area is 136 Å². The highest BCUT2D eigenvalue weighted by atomic mass is 31.2. The molecule has 0 saturated heterocycles. The molecular formula is C17H20NO4P. The van der Waals surface area contributed by atoms with Crippen molar-refractivity contribution in [3.8, 4) is 5.75 Å². The molecule has 0 bridgehead atoms. The third kappa shape index (κ3) is 5.64. The summed E-state index contributed by atoms with van der Waals surface area (Å²) < 4.78 is 27.9. The summed E-state index contributed by atoms with van der Waals surface area (Å²) in [6.07, 6.45) is 7.46. The Morgan fingerprint density at radius 2 is 1.43 bits per heavy atom. The number of rotatable bonds is 8. The number of aromatic nitrogens is 1. The Balaban J connectivity index is 2.04. The van der Waals surface area contributed by atoms with Gasteiger partial charge in [-0.1, -0.05) is 24.3 Å². The average Bonchev–Trinajstić information content (AvgIpc) is 2.55. The third-order valence-corrected chi connectivity index (χ3v) is 4.43. The standard InChI is InChI=1S/C17H20NO4P/c1-3-20-23(19,21-4-2)22-17-9-7-15(8-10-17)5-6-16-11-13-18-14-12-16/h5-14H,3-4H2,1-2H3/b6-5+. The number of phosphoric ester groups is 1. The van der Waals surface area contributed by atoms with Gasteiger partial charge in [-0.2, -0.15) is 0 Å². The van der Waals surface area contributed by atoms with Crippen molar-refractivity contribution in [1.29, 1.82) is 0 Å². The predicted molar refractivity (Wildman–Crippen MR) is 91.1 cm³/mol. The smallest absolute Gasteiger partial charge is 0.404 e. The van der Waals surface area contributed by atoms with E-state index in [1.807, 2.05) is 36.4 Å². The second kappa shape index (κ2) is 8.63. The van der Waals surface area contributed by atoms with Gasteiger partial charge in [-0.15, -0.1) is 0 Å². The van der Waals surface area contributed by atoms with Crippen molar-refractivity contribution in [3.63, 3.8) is 0 Å². The molecule has 1 heterocycles. The molecule has 0 aliphatic heterocycles. The van der Waals surface area contributed by atoms with Crippen LogP contribution in [0.2, 0.25) is 0 Å². The number of benzene rings is 1. The Hall–Kier alpha value is -1.94. The molecule has 0 aliphatic rings. The van der Waals surface area contributed by atoms with E-state index in [-0.39, 0.29) is 13.2 Å². The normalized spacial score (nSPS) is 11.7. The van der Waals surface area contributed by atoms with Crippen LogP contribution < -0.4 is 4.52 Å². The summed E-state index contributed by atoms with van der Waals surface area (Å²) in [5.74, 6) is 0.441. The summed E-state index contributed by atoms with van der Waals surface area (Å²) in [6.45, 7) is 3.98. The summed E-state index contributed by atoms with van der Waals surface area (Å²) in [5, 5.41) is 0. The van der Waals surface area contributed by atoms with E-state index < -0.39 is 7.82 Å². The van der Waals surface area contributed by atoms with E-state index in [2.05, 4.69) is 4.98 Å². The highest BCUT2D eigenvalue weighted by Gasteiger charge is 2.27. The molecule has 0 radical (unpaired) electrons. The van der Waals surface area contributed by atoms with Gasteiger partial charge in [0.25, 0.3) is 0 Å². The van der Waals surface area contributed by atoms with Crippen LogP contribution in [-0.4, -0.2) is 18.2 Å².